The number of ether oxygens (including phenoxy) is 2. The lowest BCUT2D eigenvalue weighted by molar-refractivity contribution is 0.342. The van der Waals surface area contributed by atoms with E-state index in [9.17, 15) is 4.79 Å². The van der Waals surface area contributed by atoms with E-state index in [1.807, 2.05) is 37.3 Å². The van der Waals surface area contributed by atoms with Crippen LogP contribution in [0.15, 0.2) is 51.7 Å². The Labute approximate surface area is 157 Å². The summed E-state index contributed by atoms with van der Waals surface area (Å²) in [5.74, 6) is 3.21. The van der Waals surface area contributed by atoms with Gasteiger partial charge in [0.05, 0.1) is 13.7 Å². The van der Waals surface area contributed by atoms with Gasteiger partial charge in [-0.2, -0.15) is 11.8 Å². The minimum Gasteiger partial charge on any atom is -0.497 e. The number of hydrogen-bond donors (Lipinski definition) is 0. The number of hydrogen-bond acceptors (Lipinski definition) is 5. The van der Waals surface area contributed by atoms with Gasteiger partial charge in [0.15, 0.2) is 0 Å². The molecule has 0 fully saturated rings. The number of thioether (sulfide) groups is 1. The molecule has 0 unspecified atom stereocenters. The normalized spacial score (nSPS) is 10.9. The molecule has 0 amide bonds. The molecule has 1 heterocycles. The van der Waals surface area contributed by atoms with Gasteiger partial charge < -0.3 is 13.9 Å². The highest BCUT2D eigenvalue weighted by atomic mass is 32.2. The van der Waals surface area contributed by atoms with Crippen molar-refractivity contribution in [1.82, 2.24) is 0 Å². The van der Waals surface area contributed by atoms with Crippen molar-refractivity contribution in [2.75, 3.05) is 19.5 Å². The number of aryl methyl sites for hydroxylation is 2. The Morgan fingerprint density at radius 2 is 1.69 bits per heavy atom. The molecule has 0 aliphatic carbocycles. The average Bonchev–Trinajstić information content (AvgIpc) is 2.63. The Kier molecular flexibility index (Phi) is 5.89. The predicted molar refractivity (Wildman–Crippen MR) is 107 cm³/mol. The first-order valence-corrected chi connectivity index (χ1v) is 9.61. The first-order valence-electron chi connectivity index (χ1n) is 8.45. The highest BCUT2D eigenvalue weighted by molar-refractivity contribution is 7.98. The second-order valence-electron chi connectivity index (χ2n) is 6.10. The molecule has 0 aliphatic rings. The van der Waals surface area contributed by atoms with Crippen molar-refractivity contribution in [3.8, 4) is 11.5 Å². The van der Waals surface area contributed by atoms with Crippen molar-refractivity contribution in [1.29, 1.82) is 0 Å². The van der Waals surface area contributed by atoms with Crippen LogP contribution in [-0.4, -0.2) is 19.5 Å². The molecule has 0 saturated heterocycles. The minimum absolute atomic E-state index is 0.300. The van der Waals surface area contributed by atoms with E-state index in [1.54, 1.807) is 24.9 Å². The van der Waals surface area contributed by atoms with Crippen LogP contribution in [0.5, 0.6) is 11.5 Å². The van der Waals surface area contributed by atoms with E-state index in [2.05, 4.69) is 13.0 Å². The first kappa shape index (κ1) is 18.4. The Bertz CT molecular complexity index is 945. The second-order valence-corrected chi connectivity index (χ2v) is 7.21. The lowest BCUT2D eigenvalue weighted by Gasteiger charge is -2.09. The first-order chi connectivity index (χ1) is 12.6. The summed E-state index contributed by atoms with van der Waals surface area (Å²) in [7, 11) is 1.64. The molecular formula is C21H22O4S. The van der Waals surface area contributed by atoms with Gasteiger partial charge in [-0.25, -0.2) is 4.79 Å². The molecule has 0 N–H and O–H groups in total. The standard InChI is InChI=1S/C21H22O4S/c1-14-10-19-16(12-21(22)25-20(19)11-15(14)2)13-26-9-8-24-18-6-4-17(23-3)5-7-18/h4-7,10-12H,8-9,13H2,1-3H3. The van der Waals surface area contributed by atoms with Crippen molar-refractivity contribution >= 4 is 22.7 Å². The zero-order chi connectivity index (χ0) is 18.5. The molecule has 1 aromatic heterocycles. The quantitative estimate of drug-likeness (QED) is 0.444. The Balaban J connectivity index is 1.59. The maximum atomic E-state index is 11.8. The molecule has 0 atom stereocenters. The van der Waals surface area contributed by atoms with Crippen molar-refractivity contribution in [2.24, 2.45) is 0 Å². The van der Waals surface area contributed by atoms with Crippen LogP contribution >= 0.6 is 11.8 Å². The van der Waals surface area contributed by atoms with E-state index in [-0.39, 0.29) is 5.63 Å². The van der Waals surface area contributed by atoms with Crippen molar-refractivity contribution in [2.45, 2.75) is 19.6 Å². The Morgan fingerprint density at radius 3 is 2.42 bits per heavy atom. The van der Waals surface area contributed by atoms with Crippen LogP contribution in [0, 0.1) is 13.8 Å². The fourth-order valence-electron chi connectivity index (χ4n) is 2.67. The molecule has 0 bridgehead atoms. The summed E-state index contributed by atoms with van der Waals surface area (Å²) >= 11 is 1.74. The van der Waals surface area contributed by atoms with Crippen LogP contribution in [-0.2, 0) is 5.75 Å². The number of methoxy groups -OCH3 is 1. The molecule has 3 rings (SSSR count). The van der Waals surface area contributed by atoms with Gasteiger partial charge in [-0.3, -0.25) is 0 Å². The van der Waals surface area contributed by atoms with Gasteiger partial charge in [-0.15, -0.1) is 0 Å². The summed E-state index contributed by atoms with van der Waals surface area (Å²) in [5, 5.41) is 1.01. The zero-order valence-electron chi connectivity index (χ0n) is 15.2. The lowest BCUT2D eigenvalue weighted by Crippen LogP contribution is -2.03. The Hall–Kier alpha value is -2.40. The summed E-state index contributed by atoms with van der Waals surface area (Å²) in [4.78, 5) is 11.8. The molecule has 2 aromatic carbocycles. The third-order valence-electron chi connectivity index (χ3n) is 4.26. The van der Waals surface area contributed by atoms with Crippen molar-refractivity contribution in [3.05, 3.63) is 69.6 Å². The molecule has 26 heavy (non-hydrogen) atoms. The van der Waals surface area contributed by atoms with Gasteiger partial charge in [-0.05, 0) is 66.9 Å². The van der Waals surface area contributed by atoms with E-state index >= 15 is 0 Å². The molecule has 4 nitrogen and oxygen atoms in total. The zero-order valence-corrected chi connectivity index (χ0v) is 16.0. The van der Waals surface area contributed by atoms with Crippen LogP contribution < -0.4 is 15.1 Å². The van der Waals surface area contributed by atoms with E-state index < -0.39 is 0 Å². The molecule has 0 aliphatic heterocycles. The van der Waals surface area contributed by atoms with Gasteiger partial charge in [0.2, 0.25) is 0 Å². The van der Waals surface area contributed by atoms with E-state index in [1.165, 1.54) is 5.56 Å². The molecule has 3 aromatic rings. The third kappa shape index (κ3) is 4.41. The van der Waals surface area contributed by atoms with Gasteiger partial charge in [0.25, 0.3) is 0 Å². The highest BCUT2D eigenvalue weighted by Crippen LogP contribution is 2.24. The van der Waals surface area contributed by atoms with E-state index in [0.29, 0.717) is 12.2 Å². The topological polar surface area (TPSA) is 48.7 Å². The van der Waals surface area contributed by atoms with Crippen molar-refractivity contribution < 1.29 is 13.9 Å². The SMILES string of the molecule is COc1ccc(OCCSCc2cc(=O)oc3cc(C)c(C)cc23)cc1. The largest absolute Gasteiger partial charge is 0.497 e. The summed E-state index contributed by atoms with van der Waals surface area (Å²) < 4.78 is 16.2. The Morgan fingerprint density at radius 1 is 1.00 bits per heavy atom. The predicted octanol–water partition coefficient (Wildman–Crippen LogP) is 4.73. The summed E-state index contributed by atoms with van der Waals surface area (Å²) in [6.07, 6.45) is 0. The number of rotatable bonds is 7. The van der Waals surface area contributed by atoms with Crippen LogP contribution in [0.2, 0.25) is 0 Å². The molecule has 0 spiro atoms. The lowest BCUT2D eigenvalue weighted by atomic mass is 10.0. The van der Waals surface area contributed by atoms with Crippen LogP contribution in [0.25, 0.3) is 11.0 Å². The fraction of sp³-hybridized carbons (Fsp3) is 0.286. The van der Waals surface area contributed by atoms with Crippen LogP contribution in [0.3, 0.4) is 0 Å². The van der Waals surface area contributed by atoms with Gasteiger partial charge >= 0.3 is 5.63 Å². The smallest absolute Gasteiger partial charge is 0.336 e. The average molecular weight is 370 g/mol. The third-order valence-corrected chi connectivity index (χ3v) is 5.23. The summed E-state index contributed by atoms with van der Waals surface area (Å²) in [6.45, 7) is 4.70. The van der Waals surface area contributed by atoms with Gasteiger partial charge in [-0.1, -0.05) is 0 Å². The summed E-state index contributed by atoms with van der Waals surface area (Å²) in [6, 6.07) is 13.2. The minimum atomic E-state index is -0.300. The molecular weight excluding hydrogens is 348 g/mol. The fourth-order valence-corrected chi connectivity index (χ4v) is 3.48. The molecule has 0 radical (unpaired) electrons. The van der Waals surface area contributed by atoms with E-state index in [4.69, 9.17) is 13.9 Å². The van der Waals surface area contributed by atoms with Gasteiger partial charge in [0.1, 0.15) is 17.1 Å². The molecule has 5 heteroatoms. The van der Waals surface area contributed by atoms with Gasteiger partial charge in [0, 0.05) is 23.0 Å². The molecule has 0 saturated carbocycles. The number of benzene rings is 2. The maximum Gasteiger partial charge on any atom is 0.336 e. The highest BCUT2D eigenvalue weighted by Gasteiger charge is 2.08. The van der Waals surface area contributed by atoms with Crippen molar-refractivity contribution in [3.63, 3.8) is 0 Å². The van der Waals surface area contributed by atoms with Crippen LogP contribution in [0.4, 0.5) is 0 Å². The monoisotopic (exact) mass is 370 g/mol. The van der Waals surface area contributed by atoms with Crippen LogP contribution in [0.1, 0.15) is 16.7 Å². The van der Waals surface area contributed by atoms with E-state index in [0.717, 1.165) is 39.5 Å². The second kappa shape index (κ2) is 8.32. The maximum absolute atomic E-state index is 11.8. The molecule has 136 valence electrons. The number of fused-ring (bicyclic) bond motifs is 1. The summed E-state index contributed by atoms with van der Waals surface area (Å²) in [5.41, 5.74) is 3.68.